The van der Waals surface area contributed by atoms with E-state index in [4.69, 9.17) is 0 Å². The summed E-state index contributed by atoms with van der Waals surface area (Å²) in [5.41, 5.74) is 5.85. The summed E-state index contributed by atoms with van der Waals surface area (Å²) in [6.07, 6.45) is 0. The first-order chi connectivity index (χ1) is 12.6. The molecule has 4 rings (SSSR count). The van der Waals surface area contributed by atoms with Crippen molar-refractivity contribution in [2.24, 2.45) is 5.92 Å². The molecule has 0 bridgehead atoms. The van der Waals surface area contributed by atoms with Crippen LogP contribution in [0.3, 0.4) is 0 Å². The summed E-state index contributed by atoms with van der Waals surface area (Å²) in [7, 11) is 0. The number of carbonyl (C=O) groups excluding carboxylic acids is 1. The van der Waals surface area contributed by atoms with E-state index in [1.807, 2.05) is 35.2 Å². The van der Waals surface area contributed by atoms with Gasteiger partial charge in [-0.05, 0) is 18.4 Å². The minimum Gasteiger partial charge on any atom is -0.326 e. The van der Waals surface area contributed by atoms with Gasteiger partial charge in [-0.1, -0.05) is 74.0 Å². The normalized spacial score (nSPS) is 16.4. The van der Waals surface area contributed by atoms with E-state index in [9.17, 15) is 4.79 Å². The highest BCUT2D eigenvalue weighted by atomic mass is 16.2. The van der Waals surface area contributed by atoms with Gasteiger partial charge in [0.2, 0.25) is 0 Å². The number of nitrogens with zero attached hydrogens (tertiary/aromatic N) is 2. The van der Waals surface area contributed by atoms with Gasteiger partial charge in [-0.15, -0.1) is 0 Å². The smallest absolute Gasteiger partial charge is 0.273 e. The van der Waals surface area contributed by atoms with Crippen LogP contribution in [-0.2, 0) is 0 Å². The quantitative estimate of drug-likeness (QED) is 0.752. The van der Waals surface area contributed by atoms with Crippen molar-refractivity contribution in [1.82, 2.24) is 15.1 Å². The number of aromatic nitrogens is 2. The molecule has 1 N–H and O–H groups in total. The van der Waals surface area contributed by atoms with Crippen molar-refractivity contribution in [2.45, 2.75) is 26.8 Å². The Morgan fingerprint density at radius 3 is 2.42 bits per heavy atom. The first-order valence-corrected chi connectivity index (χ1v) is 9.07. The molecule has 1 unspecified atom stereocenters. The number of aryl methyl sites for hydroxylation is 1. The van der Waals surface area contributed by atoms with Gasteiger partial charge in [0.25, 0.3) is 5.91 Å². The van der Waals surface area contributed by atoms with Crippen LogP contribution in [0.5, 0.6) is 0 Å². The molecule has 26 heavy (non-hydrogen) atoms. The van der Waals surface area contributed by atoms with Gasteiger partial charge in [-0.3, -0.25) is 9.89 Å². The van der Waals surface area contributed by atoms with Crippen molar-refractivity contribution in [2.75, 3.05) is 6.54 Å². The number of rotatable bonds is 4. The Bertz CT molecular complexity index is 926. The zero-order chi connectivity index (χ0) is 18.3. The van der Waals surface area contributed by atoms with E-state index in [-0.39, 0.29) is 11.9 Å². The Kier molecular flexibility index (Phi) is 4.11. The first-order valence-electron chi connectivity index (χ1n) is 9.07. The zero-order valence-electron chi connectivity index (χ0n) is 15.4. The third-order valence-electron chi connectivity index (χ3n) is 4.87. The monoisotopic (exact) mass is 345 g/mol. The number of carbonyl (C=O) groups is 1. The van der Waals surface area contributed by atoms with Gasteiger partial charge < -0.3 is 4.90 Å². The van der Waals surface area contributed by atoms with Crippen molar-refractivity contribution in [3.05, 3.63) is 77.0 Å². The zero-order valence-corrected chi connectivity index (χ0v) is 15.4. The van der Waals surface area contributed by atoms with Crippen LogP contribution >= 0.6 is 0 Å². The van der Waals surface area contributed by atoms with Gasteiger partial charge in [0, 0.05) is 17.7 Å². The molecule has 0 saturated carbocycles. The van der Waals surface area contributed by atoms with E-state index < -0.39 is 0 Å². The fourth-order valence-electron chi connectivity index (χ4n) is 3.69. The summed E-state index contributed by atoms with van der Waals surface area (Å²) in [6.45, 7) is 7.08. The van der Waals surface area contributed by atoms with E-state index in [1.165, 1.54) is 5.56 Å². The standard InChI is InChI=1S/C22H23N3O/c1-14(2)13-25-21(17-11-9-15(3)10-12-17)18-19(16-7-5-4-6-8-16)23-24-20(18)22(25)26/h4-12,14,21H,13H2,1-3H3,(H,23,24). The molecule has 0 fully saturated rings. The summed E-state index contributed by atoms with van der Waals surface area (Å²) < 4.78 is 0. The van der Waals surface area contributed by atoms with Crippen LogP contribution in [-0.4, -0.2) is 27.5 Å². The van der Waals surface area contributed by atoms with Gasteiger partial charge >= 0.3 is 0 Å². The second kappa shape index (κ2) is 6.45. The minimum absolute atomic E-state index is 0.0361. The second-order valence-corrected chi connectivity index (χ2v) is 7.39. The molecule has 0 spiro atoms. The fourth-order valence-corrected chi connectivity index (χ4v) is 3.69. The maximum atomic E-state index is 13.1. The van der Waals surface area contributed by atoms with Crippen LogP contribution in [0.1, 0.15) is 47.1 Å². The Labute approximate surface area is 153 Å². The summed E-state index contributed by atoms with van der Waals surface area (Å²) in [6, 6.07) is 18.4. The van der Waals surface area contributed by atoms with Gasteiger partial charge in [0.05, 0.1) is 11.7 Å². The molecule has 1 amide bonds. The molecular formula is C22H23N3O. The van der Waals surface area contributed by atoms with Gasteiger partial charge in [0.1, 0.15) is 5.69 Å². The van der Waals surface area contributed by atoms with E-state index in [2.05, 4.69) is 55.2 Å². The Morgan fingerprint density at radius 1 is 1.08 bits per heavy atom. The Balaban J connectivity index is 1.88. The molecule has 4 nitrogen and oxygen atoms in total. The summed E-state index contributed by atoms with van der Waals surface area (Å²) >= 11 is 0. The van der Waals surface area contributed by atoms with Gasteiger partial charge in [-0.2, -0.15) is 5.10 Å². The molecule has 1 atom stereocenters. The van der Waals surface area contributed by atoms with E-state index >= 15 is 0 Å². The lowest BCUT2D eigenvalue weighted by Crippen LogP contribution is -2.32. The molecule has 1 aliphatic rings. The molecule has 2 heterocycles. The molecular weight excluding hydrogens is 322 g/mol. The SMILES string of the molecule is Cc1ccc(C2c3c(-c4ccccc4)n[nH]c3C(=O)N2CC(C)C)cc1. The number of nitrogens with one attached hydrogen (secondary N) is 1. The van der Waals surface area contributed by atoms with Crippen LogP contribution in [0.25, 0.3) is 11.3 Å². The van der Waals surface area contributed by atoms with E-state index in [1.54, 1.807) is 0 Å². The summed E-state index contributed by atoms with van der Waals surface area (Å²) in [4.78, 5) is 15.1. The third-order valence-corrected chi connectivity index (χ3v) is 4.87. The highest BCUT2D eigenvalue weighted by Gasteiger charge is 2.42. The van der Waals surface area contributed by atoms with Crippen LogP contribution in [0.2, 0.25) is 0 Å². The molecule has 0 radical (unpaired) electrons. The van der Waals surface area contributed by atoms with Crippen molar-refractivity contribution in [1.29, 1.82) is 0 Å². The summed E-state index contributed by atoms with van der Waals surface area (Å²) in [5, 5.41) is 7.50. The molecule has 0 saturated heterocycles. The molecule has 3 aromatic rings. The predicted octanol–water partition coefficient (Wildman–Crippen LogP) is 4.59. The summed E-state index contributed by atoms with van der Waals surface area (Å²) in [5.74, 6) is 0.429. The highest BCUT2D eigenvalue weighted by Crippen LogP contribution is 2.42. The Hall–Kier alpha value is -2.88. The average molecular weight is 345 g/mol. The number of aromatic amines is 1. The lowest BCUT2D eigenvalue weighted by atomic mass is 9.95. The predicted molar refractivity (Wildman–Crippen MR) is 103 cm³/mol. The largest absolute Gasteiger partial charge is 0.326 e. The molecule has 1 aliphatic heterocycles. The van der Waals surface area contributed by atoms with Crippen molar-refractivity contribution in [3.63, 3.8) is 0 Å². The molecule has 0 aliphatic carbocycles. The topological polar surface area (TPSA) is 49.0 Å². The number of H-pyrrole nitrogens is 1. The van der Waals surface area contributed by atoms with Crippen molar-refractivity contribution < 1.29 is 4.79 Å². The molecule has 2 aromatic carbocycles. The van der Waals surface area contributed by atoms with Crippen LogP contribution in [0, 0.1) is 12.8 Å². The molecule has 1 aromatic heterocycles. The van der Waals surface area contributed by atoms with Crippen LogP contribution < -0.4 is 0 Å². The first kappa shape index (κ1) is 16.6. The maximum absolute atomic E-state index is 13.1. The van der Waals surface area contributed by atoms with Crippen molar-refractivity contribution >= 4 is 5.91 Å². The third kappa shape index (κ3) is 2.71. The number of fused-ring (bicyclic) bond motifs is 1. The van der Waals surface area contributed by atoms with E-state index in [0.29, 0.717) is 18.2 Å². The van der Waals surface area contributed by atoms with E-state index in [0.717, 1.165) is 22.4 Å². The lowest BCUT2D eigenvalue weighted by molar-refractivity contribution is 0.0722. The molecule has 132 valence electrons. The van der Waals surface area contributed by atoms with Crippen LogP contribution in [0.4, 0.5) is 0 Å². The van der Waals surface area contributed by atoms with Crippen LogP contribution in [0.15, 0.2) is 54.6 Å². The average Bonchev–Trinajstić information content (AvgIpc) is 3.17. The lowest BCUT2D eigenvalue weighted by Gasteiger charge is -2.28. The number of hydrogen-bond acceptors (Lipinski definition) is 2. The van der Waals surface area contributed by atoms with Gasteiger partial charge in [-0.25, -0.2) is 0 Å². The fraction of sp³-hybridized carbons (Fsp3) is 0.273. The number of hydrogen-bond donors (Lipinski definition) is 1. The van der Waals surface area contributed by atoms with Gasteiger partial charge in [0.15, 0.2) is 0 Å². The second-order valence-electron chi connectivity index (χ2n) is 7.39. The van der Waals surface area contributed by atoms with Crippen molar-refractivity contribution in [3.8, 4) is 11.3 Å². The number of amides is 1. The molecule has 4 heteroatoms. The number of benzene rings is 2. The minimum atomic E-state index is -0.102. The maximum Gasteiger partial charge on any atom is 0.273 e. The Morgan fingerprint density at radius 2 is 1.77 bits per heavy atom. The highest BCUT2D eigenvalue weighted by molar-refractivity contribution is 6.00.